The maximum Gasteiger partial charge on any atom is 0.123 e. The molecule has 0 bridgehead atoms. The molecule has 0 fully saturated rings. The highest BCUT2D eigenvalue weighted by atomic mass is 16.5. The molecule has 0 saturated heterocycles. The molecule has 0 amide bonds. The molecule has 0 aliphatic rings. The summed E-state index contributed by atoms with van der Waals surface area (Å²) in [5.41, 5.74) is 7.45. The van der Waals surface area contributed by atoms with E-state index in [4.69, 9.17) is 15.6 Å². The van der Waals surface area contributed by atoms with Crippen LogP contribution in [0.5, 0.6) is 5.75 Å². The molecule has 1 aromatic carbocycles. The summed E-state index contributed by atoms with van der Waals surface area (Å²) < 4.78 is 5.60. The van der Waals surface area contributed by atoms with Crippen LogP contribution in [0.3, 0.4) is 0 Å². The minimum atomic E-state index is 0.138. The van der Waals surface area contributed by atoms with Gasteiger partial charge in [-0.1, -0.05) is 0 Å². The van der Waals surface area contributed by atoms with E-state index in [-0.39, 0.29) is 12.7 Å². The second-order valence-corrected chi connectivity index (χ2v) is 4.31. The van der Waals surface area contributed by atoms with Crippen LogP contribution in [0.25, 0.3) is 0 Å². The summed E-state index contributed by atoms with van der Waals surface area (Å²) in [4.78, 5) is 0. The largest absolute Gasteiger partial charge is 0.491 e. The topological polar surface area (TPSA) is 67.5 Å². The Hall–Kier alpha value is -1.42. The van der Waals surface area contributed by atoms with E-state index >= 15 is 0 Å². The van der Waals surface area contributed by atoms with Gasteiger partial charge in [-0.2, -0.15) is 0 Å². The van der Waals surface area contributed by atoms with E-state index in [1.165, 1.54) is 0 Å². The Bertz CT molecular complexity index is 340. The summed E-state index contributed by atoms with van der Waals surface area (Å²) in [6.07, 6.45) is 1.88. The van der Waals surface area contributed by atoms with Gasteiger partial charge in [-0.3, -0.25) is 0 Å². The lowest BCUT2D eigenvalue weighted by Crippen LogP contribution is -2.07. The molecule has 0 saturated carbocycles. The van der Waals surface area contributed by atoms with Crippen molar-refractivity contribution >= 4 is 11.4 Å². The molecule has 1 aromatic rings. The van der Waals surface area contributed by atoms with Crippen LogP contribution in [0.1, 0.15) is 26.7 Å². The smallest absolute Gasteiger partial charge is 0.123 e. The summed E-state index contributed by atoms with van der Waals surface area (Å²) in [7, 11) is 0. The standard InChI is InChI=1S/C13H22N2O2/c1-10(2)17-13-8-11(14)7-12(9-13)15-5-3-4-6-16/h7-10,15-16H,3-6,14H2,1-2H3. The second kappa shape index (κ2) is 7.01. The average Bonchev–Trinajstić information content (AvgIpc) is 2.22. The molecule has 0 unspecified atom stereocenters. The van der Waals surface area contributed by atoms with Gasteiger partial charge in [-0.15, -0.1) is 0 Å². The first kappa shape index (κ1) is 13.6. The SMILES string of the molecule is CC(C)Oc1cc(N)cc(NCCCCO)c1. The number of nitrogen functional groups attached to an aromatic ring is 1. The first-order valence-electron chi connectivity index (χ1n) is 6.04. The van der Waals surface area contributed by atoms with E-state index < -0.39 is 0 Å². The lowest BCUT2D eigenvalue weighted by Gasteiger charge is -2.13. The van der Waals surface area contributed by atoms with Crippen LogP contribution >= 0.6 is 0 Å². The molecule has 4 nitrogen and oxygen atoms in total. The number of aliphatic hydroxyl groups is 1. The van der Waals surface area contributed by atoms with Gasteiger partial charge in [-0.25, -0.2) is 0 Å². The van der Waals surface area contributed by atoms with Crippen molar-refractivity contribution < 1.29 is 9.84 Å². The van der Waals surface area contributed by atoms with Crippen LogP contribution in [0.4, 0.5) is 11.4 Å². The van der Waals surface area contributed by atoms with Crippen LogP contribution in [0.15, 0.2) is 18.2 Å². The van der Waals surface area contributed by atoms with E-state index in [1.807, 2.05) is 32.0 Å². The number of hydrogen-bond acceptors (Lipinski definition) is 4. The monoisotopic (exact) mass is 238 g/mol. The number of nitrogens with one attached hydrogen (secondary N) is 1. The molecular weight excluding hydrogens is 216 g/mol. The number of aliphatic hydroxyl groups excluding tert-OH is 1. The summed E-state index contributed by atoms with van der Waals surface area (Å²) in [5, 5.41) is 11.9. The van der Waals surface area contributed by atoms with Crippen molar-refractivity contribution in [2.75, 3.05) is 24.2 Å². The minimum Gasteiger partial charge on any atom is -0.491 e. The maximum absolute atomic E-state index is 8.68. The lowest BCUT2D eigenvalue weighted by molar-refractivity contribution is 0.242. The lowest BCUT2D eigenvalue weighted by atomic mass is 10.2. The Labute approximate surface area is 103 Å². The molecule has 0 aliphatic carbocycles. The Morgan fingerprint density at radius 1 is 1.29 bits per heavy atom. The number of rotatable bonds is 7. The molecule has 0 heterocycles. The van der Waals surface area contributed by atoms with Crippen LogP contribution in [-0.2, 0) is 0 Å². The van der Waals surface area contributed by atoms with Crippen LogP contribution in [-0.4, -0.2) is 24.4 Å². The normalized spacial score (nSPS) is 10.6. The Morgan fingerprint density at radius 3 is 2.71 bits per heavy atom. The number of ether oxygens (including phenoxy) is 1. The Balaban J connectivity index is 2.56. The van der Waals surface area contributed by atoms with Gasteiger partial charge in [0.05, 0.1) is 6.10 Å². The van der Waals surface area contributed by atoms with Crippen molar-refractivity contribution in [3.05, 3.63) is 18.2 Å². The number of unbranched alkanes of at least 4 members (excludes halogenated alkanes) is 1. The molecule has 0 spiro atoms. The second-order valence-electron chi connectivity index (χ2n) is 4.31. The van der Waals surface area contributed by atoms with Crippen molar-refractivity contribution in [3.8, 4) is 5.75 Å². The van der Waals surface area contributed by atoms with Gasteiger partial charge in [-0.05, 0) is 32.8 Å². The van der Waals surface area contributed by atoms with Crippen LogP contribution in [0.2, 0.25) is 0 Å². The fourth-order valence-electron chi connectivity index (χ4n) is 1.53. The van der Waals surface area contributed by atoms with Gasteiger partial charge in [0.1, 0.15) is 5.75 Å². The molecule has 0 radical (unpaired) electrons. The van der Waals surface area contributed by atoms with E-state index in [0.717, 1.165) is 30.8 Å². The molecule has 4 N–H and O–H groups in total. The zero-order valence-corrected chi connectivity index (χ0v) is 10.6. The van der Waals surface area contributed by atoms with E-state index in [9.17, 15) is 0 Å². The number of benzene rings is 1. The third-order valence-corrected chi connectivity index (χ3v) is 2.21. The fraction of sp³-hybridized carbons (Fsp3) is 0.538. The van der Waals surface area contributed by atoms with E-state index in [0.29, 0.717) is 5.69 Å². The zero-order chi connectivity index (χ0) is 12.7. The van der Waals surface area contributed by atoms with Gasteiger partial charge < -0.3 is 20.9 Å². The molecule has 0 aliphatic heterocycles. The van der Waals surface area contributed by atoms with Gasteiger partial charge in [0, 0.05) is 36.7 Å². The molecule has 0 aromatic heterocycles. The molecule has 17 heavy (non-hydrogen) atoms. The molecule has 4 heteroatoms. The molecular formula is C13H22N2O2. The summed E-state index contributed by atoms with van der Waals surface area (Å²) in [6.45, 7) is 5.03. The highest BCUT2D eigenvalue weighted by Crippen LogP contribution is 2.23. The first-order chi connectivity index (χ1) is 8.11. The van der Waals surface area contributed by atoms with Crippen LogP contribution in [0, 0.1) is 0 Å². The molecule has 0 atom stereocenters. The van der Waals surface area contributed by atoms with Gasteiger partial charge in [0.2, 0.25) is 0 Å². The van der Waals surface area contributed by atoms with Crippen molar-refractivity contribution in [2.24, 2.45) is 0 Å². The Kier molecular flexibility index (Phi) is 5.63. The third kappa shape index (κ3) is 5.45. The quantitative estimate of drug-likeness (QED) is 0.503. The van der Waals surface area contributed by atoms with Crippen LogP contribution < -0.4 is 15.8 Å². The average molecular weight is 238 g/mol. The predicted molar refractivity (Wildman–Crippen MR) is 71.4 cm³/mol. The first-order valence-corrected chi connectivity index (χ1v) is 6.04. The van der Waals surface area contributed by atoms with Gasteiger partial charge in [0.15, 0.2) is 0 Å². The minimum absolute atomic E-state index is 0.138. The molecule has 96 valence electrons. The van der Waals surface area contributed by atoms with Crippen molar-refractivity contribution in [2.45, 2.75) is 32.8 Å². The number of anilines is 2. The van der Waals surface area contributed by atoms with Crippen molar-refractivity contribution in [3.63, 3.8) is 0 Å². The summed E-state index contributed by atoms with van der Waals surface area (Å²) in [6, 6.07) is 5.64. The van der Waals surface area contributed by atoms with Crippen molar-refractivity contribution in [1.82, 2.24) is 0 Å². The van der Waals surface area contributed by atoms with Gasteiger partial charge >= 0.3 is 0 Å². The third-order valence-electron chi connectivity index (χ3n) is 2.21. The fourth-order valence-corrected chi connectivity index (χ4v) is 1.53. The highest BCUT2D eigenvalue weighted by Gasteiger charge is 2.01. The maximum atomic E-state index is 8.68. The van der Waals surface area contributed by atoms with E-state index in [2.05, 4.69) is 5.32 Å². The summed E-state index contributed by atoms with van der Waals surface area (Å²) >= 11 is 0. The zero-order valence-electron chi connectivity index (χ0n) is 10.6. The number of hydrogen-bond donors (Lipinski definition) is 3. The highest BCUT2D eigenvalue weighted by molar-refractivity contribution is 5.59. The molecule has 1 rings (SSSR count). The van der Waals surface area contributed by atoms with Crippen molar-refractivity contribution in [1.29, 1.82) is 0 Å². The Morgan fingerprint density at radius 2 is 2.06 bits per heavy atom. The van der Waals surface area contributed by atoms with E-state index in [1.54, 1.807) is 0 Å². The summed E-state index contributed by atoms with van der Waals surface area (Å²) in [5.74, 6) is 0.782. The van der Waals surface area contributed by atoms with Gasteiger partial charge in [0.25, 0.3) is 0 Å². The number of nitrogens with two attached hydrogens (primary N) is 1. The predicted octanol–water partition coefficient (Wildman–Crippen LogP) is 2.24.